The van der Waals surface area contributed by atoms with Crippen LogP contribution in [-0.4, -0.2) is 21.1 Å². The highest BCUT2D eigenvalue weighted by Gasteiger charge is 2.10. The van der Waals surface area contributed by atoms with Crippen molar-refractivity contribution in [1.29, 1.82) is 0 Å². The molecule has 2 N–H and O–H groups in total. The first-order chi connectivity index (χ1) is 13.3. The number of unbranched alkanes of at least 4 members (excludes halogenated alkanes) is 1. The predicted octanol–water partition coefficient (Wildman–Crippen LogP) is 3.22. The fraction of sp³-hybridized carbons (Fsp3) is 0.318. The van der Waals surface area contributed by atoms with E-state index in [1.54, 1.807) is 23.0 Å². The molecule has 1 aromatic carbocycles. The largest absolute Gasteiger partial charge is 0.330 e. The Bertz CT molecular complexity index is 891. The molecule has 3 rings (SSSR count). The molecule has 2 heterocycles. The maximum atomic E-state index is 12.7. The van der Waals surface area contributed by atoms with E-state index in [-0.39, 0.29) is 5.56 Å². The fourth-order valence-electron chi connectivity index (χ4n) is 3.16. The Balaban J connectivity index is 1.75. The number of benzene rings is 1. The Hall–Kier alpha value is -2.79. The number of rotatable bonds is 9. The second kappa shape index (κ2) is 9.78. The molecule has 0 fully saturated rings. The maximum Gasteiger partial charge on any atom is 0.254 e. The summed E-state index contributed by atoms with van der Waals surface area (Å²) in [5.74, 6) is 0.843. The van der Waals surface area contributed by atoms with Gasteiger partial charge < -0.3 is 5.73 Å². The van der Waals surface area contributed by atoms with Crippen molar-refractivity contribution in [3.8, 4) is 11.3 Å². The van der Waals surface area contributed by atoms with Crippen LogP contribution >= 0.6 is 0 Å². The molecule has 140 valence electrons. The number of aromatic nitrogens is 3. The monoisotopic (exact) mass is 362 g/mol. The summed E-state index contributed by atoms with van der Waals surface area (Å²) < 4.78 is 1.78. The molecule has 0 atom stereocenters. The molecular formula is C22H26N4O. The molecule has 0 aliphatic heterocycles. The van der Waals surface area contributed by atoms with E-state index in [0.717, 1.165) is 43.5 Å². The zero-order chi connectivity index (χ0) is 18.9. The van der Waals surface area contributed by atoms with Gasteiger partial charge in [0.2, 0.25) is 0 Å². The number of hydrogen-bond acceptors (Lipinski definition) is 4. The predicted molar refractivity (Wildman–Crippen MR) is 108 cm³/mol. The summed E-state index contributed by atoms with van der Waals surface area (Å²) in [5.41, 5.74) is 8.60. The molecule has 0 bridgehead atoms. The lowest BCUT2D eigenvalue weighted by Gasteiger charge is -2.13. The topological polar surface area (TPSA) is 73.8 Å². The van der Waals surface area contributed by atoms with Crippen LogP contribution in [0.15, 0.2) is 65.7 Å². The van der Waals surface area contributed by atoms with Crippen LogP contribution in [0.3, 0.4) is 0 Å². The van der Waals surface area contributed by atoms with Crippen LogP contribution in [0.25, 0.3) is 11.3 Å². The van der Waals surface area contributed by atoms with Crippen LogP contribution in [0.1, 0.15) is 30.7 Å². The van der Waals surface area contributed by atoms with Gasteiger partial charge in [-0.15, -0.1) is 0 Å². The van der Waals surface area contributed by atoms with E-state index >= 15 is 0 Å². The molecule has 0 saturated carbocycles. The molecule has 0 saturated heterocycles. The SMILES string of the molecule is NCCCn1c(CCCCc2ccccc2)nc(-c2ccncc2)cc1=O. The number of pyridine rings is 1. The molecule has 0 amide bonds. The van der Waals surface area contributed by atoms with Crippen molar-refractivity contribution in [2.24, 2.45) is 5.73 Å². The van der Waals surface area contributed by atoms with Gasteiger partial charge in [-0.1, -0.05) is 30.3 Å². The summed E-state index contributed by atoms with van der Waals surface area (Å²) >= 11 is 0. The Morgan fingerprint density at radius 2 is 1.67 bits per heavy atom. The smallest absolute Gasteiger partial charge is 0.254 e. The van der Waals surface area contributed by atoms with Crippen LogP contribution in [0.4, 0.5) is 0 Å². The third-order valence-electron chi connectivity index (χ3n) is 4.61. The average Bonchev–Trinajstić information content (AvgIpc) is 2.72. The third-order valence-corrected chi connectivity index (χ3v) is 4.61. The Morgan fingerprint density at radius 1 is 0.926 bits per heavy atom. The fourth-order valence-corrected chi connectivity index (χ4v) is 3.16. The standard InChI is InChI=1S/C22H26N4O/c23-13-6-16-26-21(10-5-4-9-18-7-2-1-3-8-18)25-20(17-22(26)27)19-11-14-24-15-12-19/h1-3,7-8,11-12,14-15,17H,4-6,9-10,13,16,23H2. The van der Waals surface area contributed by atoms with Crippen molar-refractivity contribution in [3.05, 3.63) is 82.7 Å². The molecule has 2 aromatic heterocycles. The lowest BCUT2D eigenvalue weighted by molar-refractivity contribution is 0.567. The van der Waals surface area contributed by atoms with Gasteiger partial charge >= 0.3 is 0 Å². The normalized spacial score (nSPS) is 10.9. The first-order valence-electron chi connectivity index (χ1n) is 9.53. The van der Waals surface area contributed by atoms with Crippen LogP contribution < -0.4 is 11.3 Å². The van der Waals surface area contributed by atoms with Crippen molar-refractivity contribution < 1.29 is 0 Å². The first-order valence-corrected chi connectivity index (χ1v) is 9.53. The molecule has 0 aliphatic carbocycles. The van der Waals surface area contributed by atoms with Gasteiger partial charge in [0.05, 0.1) is 5.69 Å². The molecular weight excluding hydrogens is 336 g/mol. The van der Waals surface area contributed by atoms with E-state index < -0.39 is 0 Å². The Kier molecular flexibility index (Phi) is 6.88. The second-order valence-electron chi connectivity index (χ2n) is 6.62. The summed E-state index contributed by atoms with van der Waals surface area (Å²) in [6.07, 6.45) is 8.09. The lowest BCUT2D eigenvalue weighted by atomic mass is 10.1. The van der Waals surface area contributed by atoms with Gasteiger partial charge in [-0.05, 0) is 49.9 Å². The van der Waals surface area contributed by atoms with Crippen LogP contribution in [0.2, 0.25) is 0 Å². The number of aryl methyl sites for hydroxylation is 2. The summed E-state index contributed by atoms with van der Waals surface area (Å²) in [7, 11) is 0. The van der Waals surface area contributed by atoms with Crippen molar-refractivity contribution >= 4 is 0 Å². The minimum atomic E-state index is -0.0108. The quantitative estimate of drug-likeness (QED) is 0.593. The van der Waals surface area contributed by atoms with E-state index in [1.165, 1.54) is 5.56 Å². The highest BCUT2D eigenvalue weighted by Crippen LogP contribution is 2.16. The summed E-state index contributed by atoms with van der Waals surface area (Å²) in [5, 5.41) is 0. The Labute approximate surface area is 159 Å². The van der Waals surface area contributed by atoms with Gasteiger partial charge in [0.1, 0.15) is 5.82 Å². The maximum absolute atomic E-state index is 12.7. The minimum absolute atomic E-state index is 0.0108. The van der Waals surface area contributed by atoms with Gasteiger partial charge in [0.15, 0.2) is 0 Å². The minimum Gasteiger partial charge on any atom is -0.330 e. The van der Waals surface area contributed by atoms with E-state index in [0.29, 0.717) is 18.8 Å². The van der Waals surface area contributed by atoms with Crippen molar-refractivity contribution in [2.75, 3.05) is 6.54 Å². The van der Waals surface area contributed by atoms with Crippen molar-refractivity contribution in [3.63, 3.8) is 0 Å². The molecule has 0 unspecified atom stereocenters. The van der Waals surface area contributed by atoms with E-state index in [4.69, 9.17) is 10.7 Å². The van der Waals surface area contributed by atoms with E-state index in [9.17, 15) is 4.79 Å². The van der Waals surface area contributed by atoms with Gasteiger partial charge in [-0.25, -0.2) is 4.98 Å². The first kappa shape index (κ1) is 19.0. The summed E-state index contributed by atoms with van der Waals surface area (Å²) in [4.78, 5) is 21.5. The molecule has 0 radical (unpaired) electrons. The van der Waals surface area contributed by atoms with E-state index in [1.807, 2.05) is 18.2 Å². The zero-order valence-electron chi connectivity index (χ0n) is 15.6. The van der Waals surface area contributed by atoms with Crippen LogP contribution in [0.5, 0.6) is 0 Å². The van der Waals surface area contributed by atoms with Crippen molar-refractivity contribution in [2.45, 2.75) is 38.6 Å². The van der Waals surface area contributed by atoms with Gasteiger partial charge in [0, 0.05) is 37.0 Å². The highest BCUT2D eigenvalue weighted by atomic mass is 16.1. The lowest BCUT2D eigenvalue weighted by Crippen LogP contribution is -2.26. The number of nitrogens with two attached hydrogens (primary N) is 1. The molecule has 0 aliphatic rings. The molecule has 0 spiro atoms. The Morgan fingerprint density at radius 3 is 2.41 bits per heavy atom. The molecule has 5 nitrogen and oxygen atoms in total. The van der Waals surface area contributed by atoms with Gasteiger partial charge in [-0.3, -0.25) is 14.3 Å². The zero-order valence-corrected chi connectivity index (χ0v) is 15.6. The molecule has 3 aromatic rings. The summed E-state index contributed by atoms with van der Waals surface area (Å²) in [6.45, 7) is 1.18. The van der Waals surface area contributed by atoms with Crippen molar-refractivity contribution in [1.82, 2.24) is 14.5 Å². The number of nitrogens with zero attached hydrogens (tertiary/aromatic N) is 3. The van der Waals surface area contributed by atoms with E-state index in [2.05, 4.69) is 29.2 Å². The highest BCUT2D eigenvalue weighted by molar-refractivity contribution is 5.57. The second-order valence-corrected chi connectivity index (χ2v) is 6.62. The van der Waals surface area contributed by atoms with Crippen LogP contribution in [0, 0.1) is 0 Å². The number of hydrogen-bond donors (Lipinski definition) is 1. The average molecular weight is 362 g/mol. The van der Waals surface area contributed by atoms with Crippen LogP contribution in [-0.2, 0) is 19.4 Å². The molecule has 27 heavy (non-hydrogen) atoms. The van der Waals surface area contributed by atoms with Gasteiger partial charge in [-0.2, -0.15) is 0 Å². The molecule has 5 heteroatoms. The third kappa shape index (κ3) is 5.34. The van der Waals surface area contributed by atoms with Gasteiger partial charge in [0.25, 0.3) is 5.56 Å². The summed E-state index contributed by atoms with van der Waals surface area (Å²) in [6, 6.07) is 15.8.